The summed E-state index contributed by atoms with van der Waals surface area (Å²) in [5.74, 6) is 3.22. The molecule has 132 valence electrons. The molecule has 4 rings (SSSR count). The third-order valence-corrected chi connectivity index (χ3v) is 7.76. The van der Waals surface area contributed by atoms with Crippen molar-refractivity contribution < 1.29 is 9.84 Å². The zero-order valence-electron chi connectivity index (χ0n) is 14.6. The van der Waals surface area contributed by atoms with E-state index in [1.54, 1.807) is 5.56 Å². The second-order valence-electron chi connectivity index (χ2n) is 8.30. The molecule has 2 nitrogen and oxygen atoms in total. The predicted molar refractivity (Wildman–Crippen MR) is 101 cm³/mol. The van der Waals surface area contributed by atoms with Crippen molar-refractivity contribution in [2.75, 3.05) is 11.9 Å². The van der Waals surface area contributed by atoms with E-state index in [1.165, 1.54) is 37.7 Å². The van der Waals surface area contributed by atoms with E-state index in [-0.39, 0.29) is 11.5 Å². The number of aliphatic hydroxyl groups excluding tert-OH is 1. The number of alkyl halides is 1. The van der Waals surface area contributed by atoms with E-state index in [1.807, 2.05) is 0 Å². The molecular formula is C21H29BrO2. The van der Waals surface area contributed by atoms with Gasteiger partial charge in [-0.1, -0.05) is 28.9 Å². The summed E-state index contributed by atoms with van der Waals surface area (Å²) in [6.07, 6.45) is 8.10. The van der Waals surface area contributed by atoms with Crippen LogP contribution < -0.4 is 4.74 Å². The van der Waals surface area contributed by atoms with Crippen LogP contribution in [0.25, 0.3) is 0 Å². The second-order valence-corrected chi connectivity index (χ2v) is 9.10. The monoisotopic (exact) mass is 392 g/mol. The third-order valence-electron chi connectivity index (χ3n) is 7.19. The Hall–Kier alpha value is -0.540. The highest BCUT2D eigenvalue weighted by molar-refractivity contribution is 9.09. The summed E-state index contributed by atoms with van der Waals surface area (Å²) in [4.78, 5) is 0. The number of hydrogen-bond donors (Lipinski definition) is 1. The number of benzene rings is 1. The first-order valence-corrected chi connectivity index (χ1v) is 10.8. The molecule has 2 saturated carbocycles. The molecule has 3 heteroatoms. The first-order valence-electron chi connectivity index (χ1n) is 9.63. The van der Waals surface area contributed by atoms with Crippen molar-refractivity contribution in [2.45, 2.75) is 63.9 Å². The Balaban J connectivity index is 1.55. The number of ether oxygens (including phenoxy) is 1. The second kappa shape index (κ2) is 6.64. The first-order chi connectivity index (χ1) is 11.6. The van der Waals surface area contributed by atoms with Crippen LogP contribution >= 0.6 is 15.9 Å². The van der Waals surface area contributed by atoms with Gasteiger partial charge in [0.15, 0.2) is 0 Å². The van der Waals surface area contributed by atoms with Crippen LogP contribution in [0.1, 0.15) is 62.5 Å². The number of aryl methyl sites for hydroxylation is 1. The van der Waals surface area contributed by atoms with Gasteiger partial charge in [0.1, 0.15) is 5.75 Å². The standard InChI is InChI=1S/C21H29BrO2/c1-21-10-9-17-16-6-4-15(24-12-2-11-22)13-14(16)3-5-18(17)19(21)7-8-20(21)23/h4,6,13,17-20,23H,2-3,5,7-12H2,1H3/t17-,18-,19+,20+,21+/m1/s1. The van der Waals surface area contributed by atoms with Crippen molar-refractivity contribution in [3.8, 4) is 5.75 Å². The molecule has 0 heterocycles. The van der Waals surface area contributed by atoms with Crippen LogP contribution in [0.3, 0.4) is 0 Å². The Labute approximate surface area is 154 Å². The number of aliphatic hydroxyl groups is 1. The van der Waals surface area contributed by atoms with Gasteiger partial charge in [0, 0.05) is 5.33 Å². The van der Waals surface area contributed by atoms with Crippen LogP contribution in [0, 0.1) is 17.3 Å². The van der Waals surface area contributed by atoms with E-state index < -0.39 is 0 Å². The fourth-order valence-electron chi connectivity index (χ4n) is 5.87. The lowest BCUT2D eigenvalue weighted by Gasteiger charge is -2.50. The van der Waals surface area contributed by atoms with E-state index in [2.05, 4.69) is 41.1 Å². The first kappa shape index (κ1) is 16.9. The fraction of sp³-hybridized carbons (Fsp3) is 0.714. The third kappa shape index (κ3) is 2.72. The summed E-state index contributed by atoms with van der Waals surface area (Å²) < 4.78 is 5.88. The van der Waals surface area contributed by atoms with Gasteiger partial charge in [-0.05, 0) is 91.4 Å². The lowest BCUT2D eigenvalue weighted by molar-refractivity contribution is -0.0226. The van der Waals surface area contributed by atoms with Crippen molar-refractivity contribution in [1.29, 1.82) is 0 Å². The van der Waals surface area contributed by atoms with Crippen molar-refractivity contribution in [3.05, 3.63) is 29.3 Å². The number of halogens is 1. The van der Waals surface area contributed by atoms with Gasteiger partial charge in [0.25, 0.3) is 0 Å². The summed E-state index contributed by atoms with van der Waals surface area (Å²) >= 11 is 3.45. The molecule has 0 unspecified atom stereocenters. The predicted octanol–water partition coefficient (Wildman–Crippen LogP) is 5.07. The van der Waals surface area contributed by atoms with Gasteiger partial charge in [-0.15, -0.1) is 0 Å². The number of rotatable bonds is 4. The maximum absolute atomic E-state index is 10.5. The molecular weight excluding hydrogens is 364 g/mol. The summed E-state index contributed by atoms with van der Waals surface area (Å²) in [7, 11) is 0. The molecule has 0 spiro atoms. The van der Waals surface area contributed by atoms with Crippen LogP contribution in [0.15, 0.2) is 18.2 Å². The Kier molecular flexibility index (Phi) is 4.68. The minimum Gasteiger partial charge on any atom is -0.494 e. The van der Waals surface area contributed by atoms with E-state index >= 15 is 0 Å². The smallest absolute Gasteiger partial charge is 0.119 e. The zero-order chi connectivity index (χ0) is 16.7. The number of hydrogen-bond acceptors (Lipinski definition) is 2. The van der Waals surface area contributed by atoms with Gasteiger partial charge in [0.2, 0.25) is 0 Å². The molecule has 0 aliphatic heterocycles. The average Bonchev–Trinajstić information content (AvgIpc) is 2.90. The van der Waals surface area contributed by atoms with Gasteiger partial charge >= 0.3 is 0 Å². The Morgan fingerprint density at radius 1 is 1.25 bits per heavy atom. The van der Waals surface area contributed by atoms with Crippen LogP contribution in [0.2, 0.25) is 0 Å². The minimum absolute atomic E-state index is 0.0740. The molecule has 0 aromatic heterocycles. The largest absolute Gasteiger partial charge is 0.494 e. The van der Waals surface area contributed by atoms with E-state index in [9.17, 15) is 5.11 Å². The fourth-order valence-corrected chi connectivity index (χ4v) is 6.09. The van der Waals surface area contributed by atoms with E-state index in [0.717, 1.165) is 36.4 Å². The molecule has 24 heavy (non-hydrogen) atoms. The van der Waals surface area contributed by atoms with Gasteiger partial charge in [-0.25, -0.2) is 0 Å². The number of fused-ring (bicyclic) bond motifs is 5. The van der Waals surface area contributed by atoms with Crippen molar-refractivity contribution in [2.24, 2.45) is 17.3 Å². The van der Waals surface area contributed by atoms with Crippen molar-refractivity contribution >= 4 is 15.9 Å². The summed E-state index contributed by atoms with van der Waals surface area (Å²) in [5.41, 5.74) is 3.26. The van der Waals surface area contributed by atoms with Crippen LogP contribution in [0.5, 0.6) is 5.75 Å². The average molecular weight is 393 g/mol. The molecule has 2 fully saturated rings. The Morgan fingerprint density at radius 3 is 2.96 bits per heavy atom. The van der Waals surface area contributed by atoms with Gasteiger partial charge in [0.05, 0.1) is 12.7 Å². The molecule has 1 aromatic carbocycles. The normalized spacial score (nSPS) is 37.5. The highest BCUT2D eigenvalue weighted by Gasteiger charge is 2.54. The molecule has 3 aliphatic carbocycles. The van der Waals surface area contributed by atoms with Crippen molar-refractivity contribution in [3.63, 3.8) is 0 Å². The lowest BCUT2D eigenvalue weighted by Crippen LogP contribution is -2.43. The minimum atomic E-state index is -0.0740. The topological polar surface area (TPSA) is 29.5 Å². The molecule has 3 aliphatic rings. The zero-order valence-corrected chi connectivity index (χ0v) is 16.2. The molecule has 0 radical (unpaired) electrons. The highest BCUT2D eigenvalue weighted by Crippen LogP contribution is 2.60. The summed E-state index contributed by atoms with van der Waals surface area (Å²) in [6, 6.07) is 6.80. The van der Waals surface area contributed by atoms with Crippen LogP contribution in [0.4, 0.5) is 0 Å². The SMILES string of the molecule is C[C@]12CC[C@@H]3c4ccc(OCCCBr)cc4CC[C@H]3[C@@H]1CC[C@@H]2O. The van der Waals surface area contributed by atoms with Gasteiger partial charge in [-0.2, -0.15) is 0 Å². The maximum atomic E-state index is 10.5. The molecule has 0 saturated heterocycles. The molecule has 5 atom stereocenters. The van der Waals surface area contributed by atoms with Crippen LogP contribution in [-0.4, -0.2) is 23.1 Å². The molecule has 0 amide bonds. The molecule has 1 N–H and O–H groups in total. The van der Waals surface area contributed by atoms with E-state index in [4.69, 9.17) is 4.74 Å². The molecule has 1 aromatic rings. The van der Waals surface area contributed by atoms with Gasteiger partial charge < -0.3 is 9.84 Å². The van der Waals surface area contributed by atoms with Crippen molar-refractivity contribution in [1.82, 2.24) is 0 Å². The van der Waals surface area contributed by atoms with Crippen LogP contribution in [-0.2, 0) is 6.42 Å². The highest BCUT2D eigenvalue weighted by atomic mass is 79.9. The Morgan fingerprint density at radius 2 is 2.12 bits per heavy atom. The lowest BCUT2D eigenvalue weighted by atomic mass is 9.55. The Bertz CT molecular complexity index is 602. The van der Waals surface area contributed by atoms with Gasteiger partial charge in [-0.3, -0.25) is 0 Å². The summed E-state index contributed by atoms with van der Waals surface area (Å²) in [5, 5.41) is 11.5. The summed E-state index contributed by atoms with van der Waals surface area (Å²) in [6.45, 7) is 3.14. The quantitative estimate of drug-likeness (QED) is 0.572. The molecule has 0 bridgehead atoms. The maximum Gasteiger partial charge on any atom is 0.119 e. The van der Waals surface area contributed by atoms with E-state index in [0.29, 0.717) is 11.8 Å².